The Hall–Kier alpha value is -1.06. The van der Waals surface area contributed by atoms with Gasteiger partial charge >= 0.3 is 0 Å². The zero-order valence-corrected chi connectivity index (χ0v) is 3.70. The smallest absolute Gasteiger partial charge is 0.223 e. The largest absolute Gasteiger partial charge is 0.405 e. The summed E-state index contributed by atoms with van der Waals surface area (Å²) in [6.07, 6.45) is 2.43. The average Bonchev–Trinajstić information content (AvgIpc) is 1.61. The van der Waals surface area contributed by atoms with E-state index in [2.05, 4.69) is 0 Å². The van der Waals surface area contributed by atoms with Crippen molar-refractivity contribution in [2.24, 2.45) is 5.73 Å². The summed E-state index contributed by atoms with van der Waals surface area (Å²) in [5.74, 6) is 0. The van der Waals surface area contributed by atoms with Crippen LogP contribution in [0.2, 0.25) is 0 Å². The molecule has 0 fully saturated rings. The third-order valence-electron chi connectivity index (χ3n) is 0.391. The Kier molecular flexibility index (Phi) is 2.67. The van der Waals surface area contributed by atoms with Crippen molar-refractivity contribution in [1.29, 1.82) is 0 Å². The fourth-order valence-electron chi connectivity index (χ4n) is 0.147. The van der Waals surface area contributed by atoms with E-state index in [-0.39, 0.29) is 6.54 Å². The fraction of sp³-hybridized carbons (Fsp3) is 0.333. The second-order valence-electron chi connectivity index (χ2n) is 0.943. The zero-order chi connectivity index (χ0) is 5.70. The van der Waals surface area contributed by atoms with Gasteiger partial charge in [-0.1, -0.05) is 0 Å². The van der Waals surface area contributed by atoms with Gasteiger partial charge in [0.05, 0.1) is 0 Å². The number of hydrogen-bond donors (Lipinski definition) is 1. The van der Waals surface area contributed by atoms with Crippen molar-refractivity contribution in [3.8, 4) is 0 Å². The van der Waals surface area contributed by atoms with Crippen LogP contribution in [-0.2, 0) is 0 Å². The van der Waals surface area contributed by atoms with Crippen molar-refractivity contribution in [3.05, 3.63) is 22.4 Å². The highest BCUT2D eigenvalue weighted by Crippen LogP contribution is 1.66. The Morgan fingerprint density at radius 1 is 1.86 bits per heavy atom. The van der Waals surface area contributed by atoms with Crippen LogP contribution in [0.1, 0.15) is 0 Å². The van der Waals surface area contributed by atoms with Gasteiger partial charge in [0, 0.05) is 11.0 Å². The quantitative estimate of drug-likeness (QED) is 0.385. The van der Waals surface area contributed by atoms with E-state index in [0.717, 1.165) is 6.20 Å². The lowest BCUT2D eigenvalue weighted by molar-refractivity contribution is -0.468. The van der Waals surface area contributed by atoms with Gasteiger partial charge in [0.15, 0.2) is 0 Å². The maximum atomic E-state index is 9.46. The average molecular weight is 102 g/mol. The first-order chi connectivity index (χ1) is 3.27. The lowest BCUT2D eigenvalue weighted by Gasteiger charge is -1.78. The summed E-state index contributed by atoms with van der Waals surface area (Å²) in [5.41, 5.74) is 4.79. The number of rotatable bonds is 2. The molecule has 0 heterocycles. The maximum Gasteiger partial charge on any atom is 0.223 e. The van der Waals surface area contributed by atoms with Gasteiger partial charge in [-0.25, -0.2) is 0 Å². The van der Waals surface area contributed by atoms with Gasteiger partial charge in [0.1, 0.15) is 0 Å². The molecule has 2 N–H and O–H groups in total. The lowest BCUT2D eigenvalue weighted by Crippen LogP contribution is -1.96. The second kappa shape index (κ2) is 3.14. The number of nitro groups is 1. The van der Waals surface area contributed by atoms with Crippen LogP contribution < -0.4 is 5.73 Å². The molecular weight excluding hydrogens is 96.0 g/mol. The van der Waals surface area contributed by atoms with E-state index in [1.165, 1.54) is 6.08 Å². The third kappa shape index (κ3) is 4.94. The van der Waals surface area contributed by atoms with Crippen LogP contribution in [0.15, 0.2) is 12.3 Å². The van der Waals surface area contributed by atoms with Gasteiger partial charge in [0.25, 0.3) is 0 Å². The standard InChI is InChI=1S/C3H6N2O2/c4-2-1-3-5(6)7/h1-2H,3-4H2/b2-1+. The molecule has 0 saturated heterocycles. The van der Waals surface area contributed by atoms with Crippen molar-refractivity contribution >= 4 is 0 Å². The summed E-state index contributed by atoms with van der Waals surface area (Å²) in [6, 6.07) is 0. The molecule has 0 atom stereocenters. The predicted molar refractivity (Wildman–Crippen MR) is 25.2 cm³/mol. The van der Waals surface area contributed by atoms with Crippen LogP contribution in [0, 0.1) is 10.1 Å². The zero-order valence-electron chi connectivity index (χ0n) is 3.70. The van der Waals surface area contributed by atoms with E-state index in [1.54, 1.807) is 0 Å². The molecule has 0 saturated carbocycles. The van der Waals surface area contributed by atoms with Crippen LogP contribution in [0.3, 0.4) is 0 Å². The molecule has 0 aliphatic carbocycles. The van der Waals surface area contributed by atoms with Crippen LogP contribution in [0.5, 0.6) is 0 Å². The first-order valence-electron chi connectivity index (χ1n) is 1.76. The van der Waals surface area contributed by atoms with E-state index in [1.807, 2.05) is 0 Å². The monoisotopic (exact) mass is 102 g/mol. The van der Waals surface area contributed by atoms with E-state index in [0.29, 0.717) is 0 Å². The molecule has 0 aromatic carbocycles. The summed E-state index contributed by atoms with van der Waals surface area (Å²) in [7, 11) is 0. The van der Waals surface area contributed by atoms with Gasteiger partial charge in [-0.05, 0) is 6.20 Å². The molecule has 0 bridgehead atoms. The van der Waals surface area contributed by atoms with Crippen molar-refractivity contribution in [2.75, 3.05) is 6.54 Å². The predicted octanol–water partition coefficient (Wildman–Crippen LogP) is -0.264. The summed E-state index contributed by atoms with van der Waals surface area (Å²) in [4.78, 5) is 9.00. The molecule has 4 nitrogen and oxygen atoms in total. The molecule has 0 unspecified atom stereocenters. The minimum atomic E-state index is -0.455. The first kappa shape index (κ1) is 5.94. The minimum Gasteiger partial charge on any atom is -0.405 e. The maximum absolute atomic E-state index is 9.46. The van der Waals surface area contributed by atoms with E-state index in [9.17, 15) is 10.1 Å². The Bertz CT molecular complexity index is 88.9. The molecule has 0 aliphatic heterocycles. The fourth-order valence-corrected chi connectivity index (χ4v) is 0.147. The highest BCUT2D eigenvalue weighted by molar-refractivity contribution is 4.73. The van der Waals surface area contributed by atoms with E-state index < -0.39 is 4.92 Å². The van der Waals surface area contributed by atoms with Crippen LogP contribution in [0.4, 0.5) is 0 Å². The number of hydrogen-bond acceptors (Lipinski definition) is 3. The topological polar surface area (TPSA) is 69.2 Å². The van der Waals surface area contributed by atoms with Gasteiger partial charge in [-0.15, -0.1) is 0 Å². The second-order valence-corrected chi connectivity index (χ2v) is 0.943. The van der Waals surface area contributed by atoms with E-state index >= 15 is 0 Å². The highest BCUT2D eigenvalue weighted by atomic mass is 16.6. The van der Waals surface area contributed by atoms with Gasteiger partial charge in [-0.2, -0.15) is 0 Å². The molecule has 40 valence electrons. The van der Waals surface area contributed by atoms with Gasteiger partial charge in [-0.3, -0.25) is 10.1 Å². The van der Waals surface area contributed by atoms with Crippen LogP contribution >= 0.6 is 0 Å². The molecule has 0 spiro atoms. The Morgan fingerprint density at radius 3 is 2.57 bits per heavy atom. The summed E-state index contributed by atoms with van der Waals surface area (Å²) < 4.78 is 0. The number of nitrogens with two attached hydrogens (primary N) is 1. The SMILES string of the molecule is N/C=C/C[N+](=O)[O-]. The minimum absolute atomic E-state index is 0.184. The molecule has 7 heavy (non-hydrogen) atoms. The molecular formula is C3H6N2O2. The van der Waals surface area contributed by atoms with Crippen LogP contribution in [0.25, 0.3) is 0 Å². The Morgan fingerprint density at radius 2 is 2.43 bits per heavy atom. The molecule has 0 aliphatic rings. The normalized spacial score (nSPS) is 9.71. The Labute approximate surface area is 40.8 Å². The summed E-state index contributed by atoms with van der Waals surface area (Å²) in [6.45, 7) is -0.184. The molecule has 4 heteroatoms. The summed E-state index contributed by atoms with van der Waals surface area (Å²) in [5, 5.41) is 9.46. The molecule has 0 amide bonds. The van der Waals surface area contributed by atoms with Gasteiger partial charge in [0.2, 0.25) is 6.54 Å². The Balaban J connectivity index is 3.14. The van der Waals surface area contributed by atoms with Crippen molar-refractivity contribution in [1.82, 2.24) is 0 Å². The lowest BCUT2D eigenvalue weighted by atomic mass is 10.6. The van der Waals surface area contributed by atoms with E-state index in [4.69, 9.17) is 5.73 Å². The first-order valence-corrected chi connectivity index (χ1v) is 1.76. The van der Waals surface area contributed by atoms with Gasteiger partial charge < -0.3 is 5.73 Å². The molecule has 0 rings (SSSR count). The third-order valence-corrected chi connectivity index (χ3v) is 0.391. The molecule has 0 aromatic heterocycles. The van der Waals surface area contributed by atoms with Crippen LogP contribution in [-0.4, -0.2) is 11.5 Å². The molecule has 0 radical (unpaired) electrons. The number of nitrogens with zero attached hydrogens (tertiary/aromatic N) is 1. The van der Waals surface area contributed by atoms with Crippen molar-refractivity contribution in [3.63, 3.8) is 0 Å². The van der Waals surface area contributed by atoms with Crippen molar-refractivity contribution < 1.29 is 4.92 Å². The summed E-state index contributed by atoms with van der Waals surface area (Å²) >= 11 is 0. The van der Waals surface area contributed by atoms with Crippen molar-refractivity contribution in [2.45, 2.75) is 0 Å². The highest BCUT2D eigenvalue weighted by Gasteiger charge is 1.83. The molecule has 0 aromatic rings.